The first kappa shape index (κ1) is 13.3. The lowest BCUT2D eigenvalue weighted by Crippen LogP contribution is -1.94. The summed E-state index contributed by atoms with van der Waals surface area (Å²) in [7, 11) is 5.21. The molecule has 5 nitrogen and oxygen atoms in total. The number of nitrogens with zero attached hydrogens (tertiary/aromatic N) is 2. The van der Waals surface area contributed by atoms with Crippen molar-refractivity contribution in [2.45, 2.75) is 0 Å². The zero-order chi connectivity index (χ0) is 15.0. The van der Waals surface area contributed by atoms with Gasteiger partial charge in [0.05, 0.1) is 25.3 Å². The first-order valence-corrected chi connectivity index (χ1v) is 6.58. The van der Waals surface area contributed by atoms with Gasteiger partial charge in [-0.3, -0.25) is 0 Å². The normalized spacial score (nSPS) is 10.8. The lowest BCUT2D eigenvalue weighted by atomic mass is 10.2. The molecule has 0 radical (unpaired) electrons. The highest BCUT2D eigenvalue weighted by Crippen LogP contribution is 2.34. The number of nitrogen functional groups attached to an aromatic ring is 1. The number of hydrogen-bond acceptors (Lipinski definition) is 4. The van der Waals surface area contributed by atoms with Crippen molar-refractivity contribution in [3.8, 4) is 22.9 Å². The van der Waals surface area contributed by atoms with E-state index in [0.29, 0.717) is 11.5 Å². The van der Waals surface area contributed by atoms with Gasteiger partial charge in [-0.05, 0) is 12.1 Å². The van der Waals surface area contributed by atoms with E-state index in [9.17, 15) is 0 Å². The van der Waals surface area contributed by atoms with Crippen LogP contribution in [0.1, 0.15) is 0 Å². The molecule has 0 atom stereocenters. The third kappa shape index (κ3) is 2.16. The molecular formula is C16H17N3O2. The number of aryl methyl sites for hydroxylation is 1. The van der Waals surface area contributed by atoms with Crippen molar-refractivity contribution in [2.24, 2.45) is 7.05 Å². The van der Waals surface area contributed by atoms with E-state index < -0.39 is 0 Å². The van der Waals surface area contributed by atoms with E-state index in [0.717, 1.165) is 28.1 Å². The summed E-state index contributed by atoms with van der Waals surface area (Å²) in [6, 6.07) is 11.5. The number of nitrogens with two attached hydrogens (primary N) is 1. The lowest BCUT2D eigenvalue weighted by Gasteiger charge is -2.07. The Labute approximate surface area is 122 Å². The van der Waals surface area contributed by atoms with Crippen molar-refractivity contribution >= 4 is 16.7 Å². The van der Waals surface area contributed by atoms with E-state index in [4.69, 9.17) is 15.2 Å². The first-order valence-electron chi connectivity index (χ1n) is 6.58. The number of anilines is 1. The molecule has 1 heterocycles. The van der Waals surface area contributed by atoms with Gasteiger partial charge in [0.25, 0.3) is 0 Å². The molecule has 0 spiro atoms. The zero-order valence-corrected chi connectivity index (χ0v) is 12.3. The van der Waals surface area contributed by atoms with E-state index in [1.54, 1.807) is 14.2 Å². The molecule has 0 saturated carbocycles. The monoisotopic (exact) mass is 283 g/mol. The standard InChI is InChI=1S/C16H17N3O2/c1-19-13-9-15(21-3)14(20-2)8-12(13)18-16(19)10-5-4-6-11(17)7-10/h4-9H,17H2,1-3H3. The molecule has 0 bridgehead atoms. The summed E-state index contributed by atoms with van der Waals surface area (Å²) in [4.78, 5) is 4.68. The molecule has 0 amide bonds. The van der Waals surface area contributed by atoms with Crippen molar-refractivity contribution in [3.05, 3.63) is 36.4 Å². The largest absolute Gasteiger partial charge is 0.493 e. The van der Waals surface area contributed by atoms with E-state index in [-0.39, 0.29) is 0 Å². The maximum atomic E-state index is 5.85. The number of methoxy groups -OCH3 is 2. The van der Waals surface area contributed by atoms with Crippen LogP contribution in [0.5, 0.6) is 11.5 Å². The van der Waals surface area contributed by atoms with Crippen molar-refractivity contribution < 1.29 is 9.47 Å². The molecule has 0 unspecified atom stereocenters. The van der Waals surface area contributed by atoms with Gasteiger partial charge in [0.1, 0.15) is 5.82 Å². The van der Waals surface area contributed by atoms with Crippen LogP contribution in [0.4, 0.5) is 5.69 Å². The van der Waals surface area contributed by atoms with E-state index in [1.165, 1.54) is 0 Å². The van der Waals surface area contributed by atoms with Gasteiger partial charge in [0.15, 0.2) is 11.5 Å². The second-order valence-corrected chi connectivity index (χ2v) is 4.82. The van der Waals surface area contributed by atoms with Gasteiger partial charge in [0.2, 0.25) is 0 Å². The molecule has 0 aliphatic carbocycles. The Kier molecular flexibility index (Phi) is 3.17. The van der Waals surface area contributed by atoms with Crippen molar-refractivity contribution in [2.75, 3.05) is 20.0 Å². The minimum absolute atomic E-state index is 0.669. The topological polar surface area (TPSA) is 62.3 Å². The summed E-state index contributed by atoms with van der Waals surface area (Å²) in [5, 5.41) is 0. The van der Waals surface area contributed by atoms with Crippen LogP contribution in [0.2, 0.25) is 0 Å². The molecular weight excluding hydrogens is 266 g/mol. The van der Waals surface area contributed by atoms with Gasteiger partial charge >= 0.3 is 0 Å². The Hall–Kier alpha value is -2.69. The molecule has 3 aromatic rings. The van der Waals surface area contributed by atoms with Crippen LogP contribution in [0.25, 0.3) is 22.4 Å². The Morgan fingerprint density at radius 3 is 2.43 bits per heavy atom. The van der Waals surface area contributed by atoms with Gasteiger partial charge < -0.3 is 19.8 Å². The molecule has 3 rings (SSSR count). The average Bonchev–Trinajstić information content (AvgIpc) is 2.82. The molecule has 0 fully saturated rings. The maximum Gasteiger partial charge on any atom is 0.163 e. The summed E-state index contributed by atoms with van der Waals surface area (Å²) in [5.41, 5.74) is 9.38. The second kappa shape index (κ2) is 5.01. The number of fused-ring (bicyclic) bond motifs is 1. The fourth-order valence-electron chi connectivity index (χ4n) is 2.45. The maximum absolute atomic E-state index is 5.85. The first-order chi connectivity index (χ1) is 10.1. The average molecular weight is 283 g/mol. The Balaban J connectivity index is 2.24. The van der Waals surface area contributed by atoms with Gasteiger partial charge in [0, 0.05) is 30.4 Å². The summed E-state index contributed by atoms with van der Waals surface area (Å²) in [5.74, 6) is 2.21. The van der Waals surface area contributed by atoms with Crippen LogP contribution in [0.3, 0.4) is 0 Å². The molecule has 108 valence electrons. The molecule has 2 aromatic carbocycles. The van der Waals surface area contributed by atoms with Gasteiger partial charge in [-0.2, -0.15) is 0 Å². The molecule has 0 aliphatic rings. The summed E-state index contributed by atoms with van der Waals surface area (Å²) in [6.45, 7) is 0. The number of rotatable bonds is 3. The van der Waals surface area contributed by atoms with Crippen LogP contribution in [-0.4, -0.2) is 23.8 Å². The molecule has 0 saturated heterocycles. The lowest BCUT2D eigenvalue weighted by molar-refractivity contribution is 0.355. The fourth-order valence-corrected chi connectivity index (χ4v) is 2.45. The van der Waals surface area contributed by atoms with Crippen LogP contribution >= 0.6 is 0 Å². The summed E-state index contributed by atoms with van der Waals surface area (Å²) >= 11 is 0. The molecule has 0 aliphatic heterocycles. The predicted molar refractivity (Wildman–Crippen MR) is 83.7 cm³/mol. The number of ether oxygens (including phenoxy) is 2. The van der Waals surface area contributed by atoms with Crippen LogP contribution in [0, 0.1) is 0 Å². The molecule has 2 N–H and O–H groups in total. The summed E-state index contributed by atoms with van der Waals surface area (Å²) < 4.78 is 12.7. The predicted octanol–water partition coefficient (Wildman–Crippen LogP) is 2.84. The Morgan fingerprint density at radius 2 is 1.76 bits per heavy atom. The van der Waals surface area contributed by atoms with E-state index >= 15 is 0 Å². The second-order valence-electron chi connectivity index (χ2n) is 4.82. The smallest absolute Gasteiger partial charge is 0.163 e. The van der Waals surface area contributed by atoms with Crippen molar-refractivity contribution in [1.82, 2.24) is 9.55 Å². The van der Waals surface area contributed by atoms with E-state index in [2.05, 4.69) is 4.98 Å². The minimum atomic E-state index is 0.669. The van der Waals surface area contributed by atoms with Crippen LogP contribution in [0.15, 0.2) is 36.4 Å². The molecule has 1 aromatic heterocycles. The molecule has 5 heteroatoms. The highest BCUT2D eigenvalue weighted by atomic mass is 16.5. The highest BCUT2D eigenvalue weighted by Gasteiger charge is 2.14. The zero-order valence-electron chi connectivity index (χ0n) is 12.3. The number of hydrogen-bond donors (Lipinski definition) is 1. The Morgan fingerprint density at radius 1 is 1.05 bits per heavy atom. The number of benzene rings is 2. The van der Waals surface area contributed by atoms with Crippen molar-refractivity contribution in [3.63, 3.8) is 0 Å². The molecule has 21 heavy (non-hydrogen) atoms. The summed E-state index contributed by atoms with van der Waals surface area (Å²) in [6.07, 6.45) is 0. The van der Waals surface area contributed by atoms with Crippen LogP contribution < -0.4 is 15.2 Å². The third-order valence-electron chi connectivity index (χ3n) is 3.53. The van der Waals surface area contributed by atoms with Gasteiger partial charge in [-0.1, -0.05) is 12.1 Å². The van der Waals surface area contributed by atoms with E-state index in [1.807, 2.05) is 48.0 Å². The van der Waals surface area contributed by atoms with Crippen LogP contribution in [-0.2, 0) is 7.05 Å². The quantitative estimate of drug-likeness (QED) is 0.751. The van der Waals surface area contributed by atoms with Gasteiger partial charge in [-0.25, -0.2) is 4.98 Å². The van der Waals surface area contributed by atoms with Crippen molar-refractivity contribution in [1.29, 1.82) is 0 Å². The fraction of sp³-hybridized carbons (Fsp3) is 0.188. The highest BCUT2D eigenvalue weighted by molar-refractivity contribution is 5.84. The number of imidazole rings is 1. The SMILES string of the molecule is COc1cc2nc(-c3cccc(N)c3)n(C)c2cc1OC. The number of aromatic nitrogens is 2. The van der Waals surface area contributed by atoms with Gasteiger partial charge in [-0.15, -0.1) is 0 Å². The Bertz CT molecular complexity index is 809. The minimum Gasteiger partial charge on any atom is -0.493 e. The third-order valence-corrected chi connectivity index (χ3v) is 3.53.